The SMILES string of the molecule is CC1Oc2ccccc2C1CNC/C=C/c1ccc(C(F)(F)F)cc1. The third-order valence-corrected chi connectivity index (χ3v) is 4.37. The molecule has 2 nitrogen and oxygen atoms in total. The Kier molecular flexibility index (Phi) is 5.13. The molecule has 0 amide bonds. The van der Waals surface area contributed by atoms with Crippen molar-refractivity contribution >= 4 is 6.08 Å². The first-order valence-corrected chi connectivity index (χ1v) is 8.25. The molecule has 2 aromatic carbocycles. The van der Waals surface area contributed by atoms with Crippen LogP contribution in [0.5, 0.6) is 5.75 Å². The maximum absolute atomic E-state index is 12.5. The molecular formula is C20H20F3NO. The first-order valence-electron chi connectivity index (χ1n) is 8.25. The van der Waals surface area contributed by atoms with Gasteiger partial charge >= 0.3 is 6.18 Å². The fourth-order valence-corrected chi connectivity index (χ4v) is 3.01. The van der Waals surface area contributed by atoms with E-state index in [1.165, 1.54) is 17.7 Å². The Morgan fingerprint density at radius 2 is 1.80 bits per heavy atom. The van der Waals surface area contributed by atoms with Crippen LogP contribution in [0.4, 0.5) is 13.2 Å². The monoisotopic (exact) mass is 347 g/mol. The highest BCUT2D eigenvalue weighted by atomic mass is 19.4. The lowest BCUT2D eigenvalue weighted by Gasteiger charge is -2.15. The lowest BCUT2D eigenvalue weighted by atomic mass is 9.96. The van der Waals surface area contributed by atoms with Crippen LogP contribution in [0.3, 0.4) is 0 Å². The van der Waals surface area contributed by atoms with Crippen molar-refractivity contribution in [3.63, 3.8) is 0 Å². The van der Waals surface area contributed by atoms with Gasteiger partial charge < -0.3 is 10.1 Å². The zero-order valence-electron chi connectivity index (χ0n) is 13.9. The van der Waals surface area contributed by atoms with E-state index in [1.54, 1.807) is 0 Å². The summed E-state index contributed by atoms with van der Waals surface area (Å²) in [6.45, 7) is 3.49. The number of benzene rings is 2. The molecule has 5 heteroatoms. The number of hydrogen-bond acceptors (Lipinski definition) is 2. The zero-order valence-corrected chi connectivity index (χ0v) is 13.9. The lowest BCUT2D eigenvalue weighted by molar-refractivity contribution is -0.137. The second kappa shape index (κ2) is 7.31. The Labute approximate surface area is 145 Å². The van der Waals surface area contributed by atoms with Crippen LogP contribution in [0.1, 0.15) is 29.5 Å². The summed E-state index contributed by atoms with van der Waals surface area (Å²) < 4.78 is 43.4. The number of halogens is 3. The molecule has 2 atom stereocenters. The van der Waals surface area contributed by atoms with Crippen molar-refractivity contribution < 1.29 is 17.9 Å². The van der Waals surface area contributed by atoms with Crippen LogP contribution in [0.25, 0.3) is 6.08 Å². The summed E-state index contributed by atoms with van der Waals surface area (Å²) in [6, 6.07) is 13.2. The Balaban J connectivity index is 1.49. The molecule has 25 heavy (non-hydrogen) atoms. The first kappa shape index (κ1) is 17.5. The van der Waals surface area contributed by atoms with Crippen LogP contribution in [0.15, 0.2) is 54.6 Å². The number of fused-ring (bicyclic) bond motifs is 1. The fourth-order valence-electron chi connectivity index (χ4n) is 3.01. The summed E-state index contributed by atoms with van der Waals surface area (Å²) >= 11 is 0. The van der Waals surface area contributed by atoms with E-state index in [-0.39, 0.29) is 6.10 Å². The number of hydrogen-bond donors (Lipinski definition) is 1. The second-order valence-electron chi connectivity index (χ2n) is 6.15. The molecule has 0 spiro atoms. The quantitative estimate of drug-likeness (QED) is 0.779. The van der Waals surface area contributed by atoms with Gasteiger partial charge in [-0.05, 0) is 30.7 Å². The van der Waals surface area contributed by atoms with Crippen LogP contribution >= 0.6 is 0 Å². The van der Waals surface area contributed by atoms with Crippen molar-refractivity contribution in [1.82, 2.24) is 5.32 Å². The van der Waals surface area contributed by atoms with Gasteiger partial charge in [0, 0.05) is 24.6 Å². The number of rotatable bonds is 5. The van der Waals surface area contributed by atoms with Crippen molar-refractivity contribution in [3.05, 3.63) is 71.3 Å². The molecule has 1 heterocycles. The Bertz CT molecular complexity index is 737. The Morgan fingerprint density at radius 3 is 2.52 bits per heavy atom. The minimum absolute atomic E-state index is 0.129. The predicted molar refractivity (Wildman–Crippen MR) is 92.6 cm³/mol. The van der Waals surface area contributed by atoms with Gasteiger partial charge in [-0.2, -0.15) is 13.2 Å². The molecular weight excluding hydrogens is 327 g/mol. The molecule has 1 N–H and O–H groups in total. The normalized spacial score (nSPS) is 19.8. The molecule has 132 valence electrons. The van der Waals surface area contributed by atoms with E-state index < -0.39 is 11.7 Å². The first-order chi connectivity index (χ1) is 11.9. The largest absolute Gasteiger partial charge is 0.490 e. The molecule has 0 aromatic heterocycles. The average molecular weight is 347 g/mol. The number of para-hydroxylation sites is 1. The summed E-state index contributed by atoms with van der Waals surface area (Å²) in [5.74, 6) is 1.25. The Hall–Kier alpha value is -2.27. The summed E-state index contributed by atoms with van der Waals surface area (Å²) in [7, 11) is 0. The van der Waals surface area contributed by atoms with Gasteiger partial charge in [0.25, 0.3) is 0 Å². The van der Waals surface area contributed by atoms with Crippen LogP contribution in [-0.2, 0) is 6.18 Å². The summed E-state index contributed by atoms with van der Waals surface area (Å²) in [4.78, 5) is 0. The highest BCUT2D eigenvalue weighted by molar-refractivity contribution is 5.50. The summed E-state index contributed by atoms with van der Waals surface area (Å²) in [5, 5.41) is 3.36. The molecule has 3 rings (SSSR count). The second-order valence-corrected chi connectivity index (χ2v) is 6.15. The topological polar surface area (TPSA) is 21.3 Å². The maximum Gasteiger partial charge on any atom is 0.416 e. The van der Waals surface area contributed by atoms with Gasteiger partial charge in [-0.3, -0.25) is 0 Å². The third kappa shape index (κ3) is 4.23. The Morgan fingerprint density at radius 1 is 1.08 bits per heavy atom. The van der Waals surface area contributed by atoms with Crippen LogP contribution in [0.2, 0.25) is 0 Å². The molecule has 0 bridgehead atoms. The molecule has 2 aromatic rings. The summed E-state index contributed by atoms with van der Waals surface area (Å²) in [5.41, 5.74) is 1.34. The highest BCUT2D eigenvalue weighted by Crippen LogP contribution is 2.37. The average Bonchev–Trinajstić information content (AvgIpc) is 2.90. The molecule has 0 saturated heterocycles. The van der Waals surface area contributed by atoms with E-state index in [1.807, 2.05) is 30.4 Å². The van der Waals surface area contributed by atoms with Crippen LogP contribution in [-0.4, -0.2) is 19.2 Å². The lowest BCUT2D eigenvalue weighted by Crippen LogP contribution is -2.27. The van der Waals surface area contributed by atoms with Crippen LogP contribution < -0.4 is 10.1 Å². The molecule has 1 aliphatic heterocycles. The molecule has 0 aliphatic carbocycles. The van der Waals surface area contributed by atoms with Gasteiger partial charge in [0.2, 0.25) is 0 Å². The minimum atomic E-state index is -4.29. The van der Waals surface area contributed by atoms with Gasteiger partial charge in [0.15, 0.2) is 0 Å². The summed E-state index contributed by atoms with van der Waals surface area (Å²) in [6.07, 6.45) is -0.436. The number of ether oxygens (including phenoxy) is 1. The van der Waals surface area contributed by atoms with E-state index in [4.69, 9.17) is 4.74 Å². The number of nitrogens with one attached hydrogen (secondary N) is 1. The molecule has 0 saturated carbocycles. The van der Waals surface area contributed by atoms with Gasteiger partial charge in [-0.15, -0.1) is 0 Å². The minimum Gasteiger partial charge on any atom is -0.490 e. The standard InChI is InChI=1S/C20H20F3NO/c1-14-18(17-6-2-3-7-19(17)25-14)13-24-12-4-5-15-8-10-16(11-9-15)20(21,22)23/h2-11,14,18,24H,12-13H2,1H3/b5-4+. The third-order valence-electron chi connectivity index (χ3n) is 4.37. The molecule has 2 unspecified atom stereocenters. The fraction of sp³-hybridized carbons (Fsp3) is 0.300. The molecule has 0 radical (unpaired) electrons. The van der Waals surface area contributed by atoms with Gasteiger partial charge in [0.1, 0.15) is 11.9 Å². The molecule has 1 aliphatic rings. The van der Waals surface area contributed by atoms with E-state index in [0.717, 1.165) is 30.0 Å². The van der Waals surface area contributed by atoms with Gasteiger partial charge in [0.05, 0.1) is 5.56 Å². The van der Waals surface area contributed by atoms with Gasteiger partial charge in [-0.1, -0.05) is 42.5 Å². The van der Waals surface area contributed by atoms with Crippen molar-refractivity contribution in [3.8, 4) is 5.75 Å². The predicted octanol–water partition coefficient (Wildman–Crippen LogP) is 4.87. The smallest absolute Gasteiger partial charge is 0.416 e. The van der Waals surface area contributed by atoms with Crippen molar-refractivity contribution in [2.75, 3.05) is 13.1 Å². The van der Waals surface area contributed by atoms with Crippen molar-refractivity contribution in [2.45, 2.75) is 25.1 Å². The van der Waals surface area contributed by atoms with E-state index >= 15 is 0 Å². The molecule has 0 fully saturated rings. The van der Waals surface area contributed by atoms with E-state index in [2.05, 4.69) is 18.3 Å². The van der Waals surface area contributed by atoms with Crippen LogP contribution in [0, 0.1) is 0 Å². The van der Waals surface area contributed by atoms with Gasteiger partial charge in [-0.25, -0.2) is 0 Å². The maximum atomic E-state index is 12.5. The highest BCUT2D eigenvalue weighted by Gasteiger charge is 2.30. The van der Waals surface area contributed by atoms with E-state index in [9.17, 15) is 13.2 Å². The zero-order chi connectivity index (χ0) is 17.9. The van der Waals surface area contributed by atoms with E-state index in [0.29, 0.717) is 12.5 Å². The number of alkyl halides is 3. The van der Waals surface area contributed by atoms with Crippen molar-refractivity contribution in [2.24, 2.45) is 0 Å². The van der Waals surface area contributed by atoms with Crippen molar-refractivity contribution in [1.29, 1.82) is 0 Å².